The Kier molecular flexibility index (Phi) is 6.08. The lowest BCUT2D eigenvalue weighted by molar-refractivity contribution is 0.236. The number of hydrogen-bond donors (Lipinski definition) is 2. The molecule has 8 nitrogen and oxygen atoms in total. The number of nitrogens with one attached hydrogen (secondary N) is 1. The number of hydrogen-bond acceptors (Lipinski definition) is 6. The monoisotopic (exact) mass is 475 g/mol. The molecule has 1 fully saturated rings. The van der Waals surface area contributed by atoms with Crippen LogP contribution in [-0.4, -0.2) is 38.2 Å². The zero-order valence-corrected chi connectivity index (χ0v) is 19.5. The molecule has 9 heteroatoms. The predicted octanol–water partition coefficient (Wildman–Crippen LogP) is 4.09. The Balaban J connectivity index is 1.53. The van der Waals surface area contributed by atoms with Crippen molar-refractivity contribution in [2.24, 2.45) is 0 Å². The first-order chi connectivity index (χ1) is 17.0. The largest absolute Gasteiger partial charge is 0.494 e. The van der Waals surface area contributed by atoms with Gasteiger partial charge in [0.05, 0.1) is 37.1 Å². The van der Waals surface area contributed by atoms with E-state index in [0.717, 1.165) is 29.9 Å². The molecule has 1 atom stereocenters. The van der Waals surface area contributed by atoms with Crippen LogP contribution in [0.15, 0.2) is 65.8 Å². The van der Waals surface area contributed by atoms with Gasteiger partial charge >= 0.3 is 0 Å². The molecular formula is C26H26FN5O3. The van der Waals surface area contributed by atoms with Crippen LogP contribution in [0.4, 0.5) is 15.8 Å². The number of rotatable bonds is 8. The molecule has 35 heavy (non-hydrogen) atoms. The minimum atomic E-state index is -0.733. The SMILES string of the molecule is COc1cc(Nc2cc(C3CC3)nn([C@@H](CO)c3ccc(F)cc3)c2=O)ccc1-n1cnc(C)c1. The summed E-state index contributed by atoms with van der Waals surface area (Å²) < 4.78 is 22.2. The van der Waals surface area contributed by atoms with Crippen molar-refractivity contribution in [2.45, 2.75) is 31.7 Å². The first kappa shape index (κ1) is 22.8. The lowest BCUT2D eigenvalue weighted by Crippen LogP contribution is -2.32. The van der Waals surface area contributed by atoms with Gasteiger partial charge in [0.25, 0.3) is 5.56 Å². The smallest absolute Gasteiger partial charge is 0.291 e. The van der Waals surface area contributed by atoms with Gasteiger partial charge in [0.15, 0.2) is 0 Å². The summed E-state index contributed by atoms with van der Waals surface area (Å²) in [5, 5.41) is 17.9. The number of methoxy groups -OCH3 is 1. The highest BCUT2D eigenvalue weighted by Crippen LogP contribution is 2.39. The van der Waals surface area contributed by atoms with Crippen molar-refractivity contribution in [3.8, 4) is 11.4 Å². The molecule has 1 aliphatic carbocycles. The molecule has 0 radical (unpaired) electrons. The third kappa shape index (κ3) is 4.67. The molecular weight excluding hydrogens is 449 g/mol. The van der Waals surface area contributed by atoms with E-state index in [9.17, 15) is 14.3 Å². The van der Waals surface area contributed by atoms with Crippen LogP contribution in [-0.2, 0) is 0 Å². The van der Waals surface area contributed by atoms with Gasteiger partial charge in [0.2, 0.25) is 0 Å². The van der Waals surface area contributed by atoms with E-state index >= 15 is 0 Å². The van der Waals surface area contributed by atoms with Gasteiger partial charge in [0.1, 0.15) is 23.3 Å². The Hall–Kier alpha value is -3.98. The molecule has 2 aromatic heterocycles. The molecule has 0 saturated heterocycles. The van der Waals surface area contributed by atoms with Gasteiger partial charge in [-0.05, 0) is 55.7 Å². The first-order valence-electron chi connectivity index (χ1n) is 11.4. The summed E-state index contributed by atoms with van der Waals surface area (Å²) in [5.74, 6) is 0.503. The van der Waals surface area contributed by atoms with Crippen molar-refractivity contribution >= 4 is 11.4 Å². The van der Waals surface area contributed by atoms with Crippen molar-refractivity contribution in [1.29, 1.82) is 0 Å². The van der Waals surface area contributed by atoms with Gasteiger partial charge < -0.3 is 19.7 Å². The molecule has 0 bridgehead atoms. The topological polar surface area (TPSA) is 94.2 Å². The van der Waals surface area contributed by atoms with Gasteiger partial charge in [-0.3, -0.25) is 4.79 Å². The molecule has 0 amide bonds. The van der Waals surface area contributed by atoms with E-state index in [4.69, 9.17) is 4.74 Å². The van der Waals surface area contributed by atoms with E-state index in [0.29, 0.717) is 22.7 Å². The highest BCUT2D eigenvalue weighted by molar-refractivity contribution is 5.65. The Morgan fingerprint density at radius 1 is 1.20 bits per heavy atom. The summed E-state index contributed by atoms with van der Waals surface area (Å²) in [5.41, 5.74) is 3.72. The highest BCUT2D eigenvalue weighted by Gasteiger charge is 2.28. The molecule has 1 aliphatic rings. The number of benzene rings is 2. The molecule has 2 aromatic carbocycles. The second kappa shape index (κ2) is 9.34. The summed E-state index contributed by atoms with van der Waals surface area (Å²) >= 11 is 0. The second-order valence-corrected chi connectivity index (χ2v) is 8.69. The summed E-state index contributed by atoms with van der Waals surface area (Å²) in [4.78, 5) is 17.7. The van der Waals surface area contributed by atoms with Crippen LogP contribution in [0.1, 0.15) is 41.8 Å². The van der Waals surface area contributed by atoms with E-state index in [1.54, 1.807) is 31.6 Å². The summed E-state index contributed by atoms with van der Waals surface area (Å²) in [7, 11) is 1.59. The number of aryl methyl sites for hydroxylation is 1. The molecule has 0 aliphatic heterocycles. The Bertz CT molecular complexity index is 1410. The van der Waals surface area contributed by atoms with Crippen LogP contribution < -0.4 is 15.6 Å². The summed E-state index contributed by atoms with van der Waals surface area (Å²) in [6, 6.07) is 12.3. The fourth-order valence-electron chi connectivity index (χ4n) is 4.10. The van der Waals surface area contributed by atoms with Crippen molar-refractivity contribution in [3.05, 3.63) is 94.2 Å². The summed E-state index contributed by atoms with van der Waals surface area (Å²) in [6.45, 7) is 1.56. The normalized spacial score (nSPS) is 14.1. The van der Waals surface area contributed by atoms with Crippen LogP contribution in [0.5, 0.6) is 5.75 Å². The number of halogens is 1. The van der Waals surface area contributed by atoms with Crippen LogP contribution >= 0.6 is 0 Å². The van der Waals surface area contributed by atoms with E-state index < -0.39 is 6.04 Å². The zero-order chi connectivity index (χ0) is 24.5. The fraction of sp³-hybridized carbons (Fsp3) is 0.269. The predicted molar refractivity (Wildman–Crippen MR) is 130 cm³/mol. The fourth-order valence-corrected chi connectivity index (χ4v) is 4.10. The van der Waals surface area contributed by atoms with Gasteiger partial charge in [-0.25, -0.2) is 14.1 Å². The van der Waals surface area contributed by atoms with E-state index in [-0.39, 0.29) is 23.9 Å². The molecule has 1 saturated carbocycles. The average Bonchev–Trinajstić information content (AvgIpc) is 3.63. The maximum absolute atomic E-state index is 13.5. The van der Waals surface area contributed by atoms with E-state index in [2.05, 4.69) is 15.4 Å². The Morgan fingerprint density at radius 3 is 2.60 bits per heavy atom. The molecule has 0 unspecified atom stereocenters. The van der Waals surface area contributed by atoms with Gasteiger partial charge in [0, 0.05) is 23.9 Å². The van der Waals surface area contributed by atoms with E-state index in [1.807, 2.05) is 35.9 Å². The first-order valence-corrected chi connectivity index (χ1v) is 11.4. The molecule has 0 spiro atoms. The number of nitrogens with zero attached hydrogens (tertiary/aromatic N) is 4. The van der Waals surface area contributed by atoms with Crippen LogP contribution in [0.3, 0.4) is 0 Å². The minimum absolute atomic E-state index is 0.274. The van der Waals surface area contributed by atoms with Gasteiger partial charge in [-0.1, -0.05) is 12.1 Å². The lowest BCUT2D eigenvalue weighted by Gasteiger charge is -2.20. The molecule has 5 rings (SSSR count). The Morgan fingerprint density at radius 2 is 1.97 bits per heavy atom. The number of aliphatic hydroxyl groups excluding tert-OH is 1. The molecule has 2 heterocycles. The third-order valence-corrected chi connectivity index (χ3v) is 6.12. The molecule has 2 N–H and O–H groups in total. The number of anilines is 2. The van der Waals surface area contributed by atoms with Gasteiger partial charge in [-0.2, -0.15) is 5.10 Å². The number of imidazole rings is 1. The van der Waals surface area contributed by atoms with Crippen molar-refractivity contribution < 1.29 is 14.2 Å². The lowest BCUT2D eigenvalue weighted by atomic mass is 10.1. The number of ether oxygens (including phenoxy) is 1. The van der Waals surface area contributed by atoms with Crippen LogP contribution in [0.25, 0.3) is 5.69 Å². The Labute approximate surface area is 201 Å². The van der Waals surface area contributed by atoms with Crippen LogP contribution in [0.2, 0.25) is 0 Å². The third-order valence-electron chi connectivity index (χ3n) is 6.12. The average molecular weight is 476 g/mol. The summed E-state index contributed by atoms with van der Waals surface area (Å²) in [6.07, 6.45) is 5.61. The number of aliphatic hydroxyl groups is 1. The van der Waals surface area contributed by atoms with Crippen LogP contribution in [0, 0.1) is 12.7 Å². The van der Waals surface area contributed by atoms with Crippen molar-refractivity contribution in [3.63, 3.8) is 0 Å². The van der Waals surface area contributed by atoms with Gasteiger partial charge in [-0.15, -0.1) is 0 Å². The molecule has 180 valence electrons. The quantitative estimate of drug-likeness (QED) is 0.399. The minimum Gasteiger partial charge on any atom is -0.494 e. The highest BCUT2D eigenvalue weighted by atomic mass is 19.1. The van der Waals surface area contributed by atoms with Crippen molar-refractivity contribution in [1.82, 2.24) is 19.3 Å². The number of aromatic nitrogens is 4. The van der Waals surface area contributed by atoms with E-state index in [1.165, 1.54) is 16.8 Å². The maximum atomic E-state index is 13.5. The zero-order valence-electron chi connectivity index (χ0n) is 19.5. The second-order valence-electron chi connectivity index (χ2n) is 8.69. The standard InChI is InChI=1S/C26H26FN5O3/c1-16-13-31(15-28-16)23-10-9-20(11-25(23)35-2)29-22-12-21(17-3-4-17)30-32(26(22)34)24(14-33)18-5-7-19(27)8-6-18/h5-13,15,17,24,29,33H,3-4,14H2,1-2H3/t24-/m0/s1. The molecule has 4 aromatic rings. The van der Waals surface area contributed by atoms with Crippen molar-refractivity contribution in [2.75, 3.05) is 19.0 Å². The maximum Gasteiger partial charge on any atom is 0.291 e.